The minimum absolute atomic E-state index is 0.0275. The van der Waals surface area contributed by atoms with Crippen LogP contribution in [0, 0.1) is 18.8 Å². The van der Waals surface area contributed by atoms with Gasteiger partial charge in [-0.25, -0.2) is 4.98 Å². The van der Waals surface area contributed by atoms with Crippen LogP contribution in [0.25, 0.3) is 11.3 Å². The van der Waals surface area contributed by atoms with E-state index in [1.54, 1.807) is 11.3 Å². The van der Waals surface area contributed by atoms with Gasteiger partial charge in [0.2, 0.25) is 5.91 Å². The van der Waals surface area contributed by atoms with E-state index in [9.17, 15) is 9.59 Å². The Balaban J connectivity index is 1.51. The van der Waals surface area contributed by atoms with E-state index in [1.165, 1.54) is 4.88 Å². The molecule has 5 nitrogen and oxygen atoms in total. The summed E-state index contributed by atoms with van der Waals surface area (Å²) >= 11 is 1.66. The fraction of sp³-hybridized carbons (Fsp3) is 0.421. The lowest BCUT2D eigenvalue weighted by Gasteiger charge is -2.10. The Morgan fingerprint density at radius 2 is 1.96 bits per heavy atom. The molecule has 2 atom stereocenters. The zero-order valence-electron chi connectivity index (χ0n) is 14.2. The largest absolute Gasteiger partial charge is 0.481 e. The number of hydrogen-bond acceptors (Lipinski definition) is 4. The van der Waals surface area contributed by atoms with Crippen LogP contribution in [0.5, 0.6) is 0 Å². The Kier molecular flexibility index (Phi) is 5.48. The molecule has 1 aromatic heterocycles. The van der Waals surface area contributed by atoms with Crippen molar-refractivity contribution < 1.29 is 14.7 Å². The Morgan fingerprint density at radius 1 is 1.24 bits per heavy atom. The molecule has 1 saturated carbocycles. The first kappa shape index (κ1) is 17.6. The summed E-state index contributed by atoms with van der Waals surface area (Å²) < 4.78 is 0. The molecular weight excluding hydrogens is 336 g/mol. The Hall–Kier alpha value is -2.21. The zero-order chi connectivity index (χ0) is 17.8. The van der Waals surface area contributed by atoms with E-state index in [4.69, 9.17) is 10.1 Å². The van der Waals surface area contributed by atoms with E-state index in [0.717, 1.165) is 16.3 Å². The molecule has 0 saturated heterocycles. The molecule has 0 radical (unpaired) electrons. The van der Waals surface area contributed by atoms with Gasteiger partial charge in [0.1, 0.15) is 0 Å². The van der Waals surface area contributed by atoms with Crippen LogP contribution in [-0.4, -0.2) is 28.5 Å². The van der Waals surface area contributed by atoms with Gasteiger partial charge >= 0.3 is 5.97 Å². The lowest BCUT2D eigenvalue weighted by atomic mass is 10.0. The Labute approximate surface area is 151 Å². The van der Waals surface area contributed by atoms with Gasteiger partial charge in [-0.1, -0.05) is 30.3 Å². The molecule has 1 fully saturated rings. The maximum atomic E-state index is 12.2. The van der Waals surface area contributed by atoms with Crippen molar-refractivity contribution in [3.63, 3.8) is 0 Å². The molecule has 2 N–H and O–H groups in total. The van der Waals surface area contributed by atoms with Gasteiger partial charge in [-0.05, 0) is 26.2 Å². The number of aryl methyl sites for hydroxylation is 1. The van der Waals surface area contributed by atoms with Gasteiger partial charge in [0, 0.05) is 29.3 Å². The second-order valence-electron chi connectivity index (χ2n) is 6.46. The molecule has 132 valence electrons. The number of carboxylic acids is 1. The number of hydrogen-bond donors (Lipinski definition) is 2. The van der Waals surface area contributed by atoms with Crippen LogP contribution in [0.4, 0.5) is 0 Å². The highest BCUT2D eigenvalue weighted by molar-refractivity contribution is 7.12. The van der Waals surface area contributed by atoms with Crippen LogP contribution in [0.3, 0.4) is 0 Å². The molecule has 0 bridgehead atoms. The zero-order valence-corrected chi connectivity index (χ0v) is 15.0. The third-order valence-electron chi connectivity index (χ3n) is 4.68. The van der Waals surface area contributed by atoms with E-state index in [1.807, 2.05) is 30.3 Å². The quantitative estimate of drug-likeness (QED) is 0.830. The van der Waals surface area contributed by atoms with Crippen LogP contribution < -0.4 is 5.32 Å². The minimum Gasteiger partial charge on any atom is -0.481 e. The smallest absolute Gasteiger partial charge is 0.306 e. The van der Waals surface area contributed by atoms with Gasteiger partial charge in [-0.3, -0.25) is 9.59 Å². The number of carbonyl (C=O) groups is 2. The summed E-state index contributed by atoms with van der Waals surface area (Å²) in [6.45, 7) is 2.60. The second-order valence-corrected chi connectivity index (χ2v) is 7.75. The number of rotatable bonds is 6. The molecule has 0 unspecified atom stereocenters. The van der Waals surface area contributed by atoms with Crippen molar-refractivity contribution in [1.29, 1.82) is 0 Å². The molecule has 1 heterocycles. The number of aromatic nitrogens is 1. The van der Waals surface area contributed by atoms with Crippen LogP contribution in [-0.2, 0) is 16.0 Å². The number of nitrogens with zero attached hydrogens (tertiary/aromatic N) is 1. The molecule has 1 aliphatic rings. The van der Waals surface area contributed by atoms with Crippen molar-refractivity contribution in [3.05, 3.63) is 40.2 Å². The first-order chi connectivity index (χ1) is 12.0. The van der Waals surface area contributed by atoms with Crippen molar-refractivity contribution in [2.24, 2.45) is 11.8 Å². The van der Waals surface area contributed by atoms with Crippen LogP contribution in [0.1, 0.15) is 29.1 Å². The van der Waals surface area contributed by atoms with E-state index < -0.39 is 5.97 Å². The summed E-state index contributed by atoms with van der Waals surface area (Å²) in [6.07, 6.45) is 2.41. The maximum Gasteiger partial charge on any atom is 0.306 e. The average molecular weight is 358 g/mol. The standard InChI is InChI=1S/C19H22N2O3S/c1-12-17(13-5-3-2-4-6-13)21-16(25-12)9-10-20-18(22)14-7-8-15(11-14)19(23)24/h2-6,14-15H,7-11H2,1H3,(H,20,22)(H,23,24)/t14-,15+/m1/s1. The predicted molar refractivity (Wildman–Crippen MR) is 97.5 cm³/mol. The maximum absolute atomic E-state index is 12.2. The van der Waals surface area contributed by atoms with E-state index in [-0.39, 0.29) is 17.7 Å². The SMILES string of the molecule is Cc1sc(CCNC(=O)[C@@H]2CC[C@H](C(=O)O)C2)nc1-c1ccccc1. The number of thiazole rings is 1. The molecule has 6 heteroatoms. The minimum atomic E-state index is -0.790. The summed E-state index contributed by atoms with van der Waals surface area (Å²) in [5.74, 6) is -1.35. The van der Waals surface area contributed by atoms with E-state index in [2.05, 4.69) is 12.2 Å². The monoisotopic (exact) mass is 358 g/mol. The van der Waals surface area contributed by atoms with Gasteiger partial charge in [0.25, 0.3) is 0 Å². The molecule has 3 rings (SSSR count). The van der Waals surface area contributed by atoms with Crippen molar-refractivity contribution in [1.82, 2.24) is 10.3 Å². The van der Waals surface area contributed by atoms with Gasteiger partial charge < -0.3 is 10.4 Å². The summed E-state index contributed by atoms with van der Waals surface area (Å²) in [6, 6.07) is 10.1. The second kappa shape index (κ2) is 7.78. The molecule has 1 aliphatic carbocycles. The lowest BCUT2D eigenvalue weighted by Crippen LogP contribution is -2.31. The molecule has 0 aliphatic heterocycles. The number of carbonyl (C=O) groups excluding carboxylic acids is 1. The Bertz CT molecular complexity index is 757. The number of carboxylic acid groups (broad SMARTS) is 1. The highest BCUT2D eigenvalue weighted by atomic mass is 32.1. The molecule has 0 spiro atoms. The van der Waals surface area contributed by atoms with Gasteiger partial charge in [0.05, 0.1) is 16.6 Å². The van der Waals surface area contributed by atoms with E-state index >= 15 is 0 Å². The predicted octanol–water partition coefficient (Wildman–Crippen LogP) is 3.28. The van der Waals surface area contributed by atoms with Crippen molar-refractivity contribution in [2.45, 2.75) is 32.6 Å². The Morgan fingerprint density at radius 3 is 2.64 bits per heavy atom. The summed E-state index contributed by atoms with van der Waals surface area (Å²) in [7, 11) is 0. The average Bonchev–Trinajstić information content (AvgIpc) is 3.23. The van der Waals surface area contributed by atoms with Gasteiger partial charge in [0.15, 0.2) is 0 Å². The summed E-state index contributed by atoms with van der Waals surface area (Å²) in [5.41, 5.74) is 2.12. The fourth-order valence-electron chi connectivity index (χ4n) is 3.30. The van der Waals surface area contributed by atoms with Crippen LogP contribution >= 0.6 is 11.3 Å². The first-order valence-corrected chi connectivity index (χ1v) is 9.38. The highest BCUT2D eigenvalue weighted by Gasteiger charge is 2.33. The number of amides is 1. The van der Waals surface area contributed by atoms with Crippen molar-refractivity contribution in [2.75, 3.05) is 6.54 Å². The number of nitrogens with one attached hydrogen (secondary N) is 1. The number of benzene rings is 1. The highest BCUT2D eigenvalue weighted by Crippen LogP contribution is 2.31. The van der Waals surface area contributed by atoms with Gasteiger partial charge in [-0.15, -0.1) is 11.3 Å². The normalized spacial score (nSPS) is 19.7. The topological polar surface area (TPSA) is 79.3 Å². The molecule has 2 aromatic rings. The first-order valence-electron chi connectivity index (χ1n) is 8.57. The molecule has 1 amide bonds. The fourth-order valence-corrected chi connectivity index (χ4v) is 4.26. The van der Waals surface area contributed by atoms with Crippen LogP contribution in [0.2, 0.25) is 0 Å². The van der Waals surface area contributed by atoms with Crippen molar-refractivity contribution >= 4 is 23.2 Å². The van der Waals surface area contributed by atoms with Crippen molar-refractivity contribution in [3.8, 4) is 11.3 Å². The third kappa shape index (κ3) is 4.25. The molecular formula is C19H22N2O3S. The van der Waals surface area contributed by atoms with Crippen LogP contribution in [0.15, 0.2) is 30.3 Å². The van der Waals surface area contributed by atoms with Gasteiger partial charge in [-0.2, -0.15) is 0 Å². The van der Waals surface area contributed by atoms with E-state index in [0.29, 0.717) is 32.2 Å². The third-order valence-corrected chi connectivity index (χ3v) is 5.71. The lowest BCUT2D eigenvalue weighted by molar-refractivity contribution is -0.141. The molecule has 1 aromatic carbocycles. The summed E-state index contributed by atoms with van der Waals surface area (Å²) in [4.78, 5) is 29.0. The molecule has 25 heavy (non-hydrogen) atoms. The number of aliphatic carboxylic acids is 1. The summed E-state index contributed by atoms with van der Waals surface area (Å²) in [5, 5.41) is 13.0.